The number of unbranched alkanes of at least 4 members (excludes halogenated alkanes) is 19. The highest BCUT2D eigenvalue weighted by molar-refractivity contribution is 5.70. The molecule has 0 amide bonds. The highest BCUT2D eigenvalue weighted by atomic mass is 16.7. The SMILES string of the molecule is CCCCCCCC=C=CCCCCCCCC(=O)OC[C@H](CO[C@@H]1O[C@H](CO[C@@H]2O[C@H](CO)[C@H](O)C(O)C2O)[C@H](O)C(O)C1O)OC(=O)CCCCCCCCCCCC. The maximum Gasteiger partial charge on any atom is 0.306 e. The van der Waals surface area contributed by atoms with E-state index < -0.39 is 92.7 Å². The topological polar surface area (TPSA) is 231 Å². The van der Waals surface area contributed by atoms with Gasteiger partial charge in [0.2, 0.25) is 0 Å². The van der Waals surface area contributed by atoms with Crippen LogP contribution in [0.4, 0.5) is 0 Å². The number of esters is 2. The van der Waals surface area contributed by atoms with Crippen LogP contribution in [-0.4, -0.2) is 142 Å². The summed E-state index contributed by atoms with van der Waals surface area (Å²) < 4.78 is 33.4. The molecule has 15 nitrogen and oxygen atoms in total. The molecule has 0 aliphatic carbocycles. The van der Waals surface area contributed by atoms with E-state index in [0.717, 1.165) is 57.8 Å². The fourth-order valence-electron chi connectivity index (χ4n) is 7.31. The lowest BCUT2D eigenvalue weighted by molar-refractivity contribution is -0.332. The van der Waals surface area contributed by atoms with Gasteiger partial charge in [0, 0.05) is 12.8 Å². The Morgan fingerprint density at radius 1 is 0.541 bits per heavy atom. The average molecular weight is 875 g/mol. The van der Waals surface area contributed by atoms with Gasteiger partial charge in [-0.15, -0.1) is 5.73 Å². The molecule has 11 atom stereocenters. The number of rotatable bonds is 35. The first-order valence-electron chi connectivity index (χ1n) is 23.5. The highest BCUT2D eigenvalue weighted by Crippen LogP contribution is 2.26. The van der Waals surface area contributed by atoms with Crippen LogP contribution in [0.5, 0.6) is 0 Å². The Morgan fingerprint density at radius 3 is 1.51 bits per heavy atom. The van der Waals surface area contributed by atoms with Gasteiger partial charge in [-0.1, -0.05) is 117 Å². The number of carbonyl (C=O) groups excluding carboxylic acids is 2. The van der Waals surface area contributed by atoms with Crippen molar-refractivity contribution in [1.29, 1.82) is 0 Å². The van der Waals surface area contributed by atoms with Crippen LogP contribution in [0, 0.1) is 0 Å². The molecule has 0 aromatic carbocycles. The number of aliphatic hydroxyl groups excluding tert-OH is 7. The van der Waals surface area contributed by atoms with E-state index in [2.05, 4.69) is 31.7 Å². The zero-order chi connectivity index (χ0) is 44.7. The van der Waals surface area contributed by atoms with Crippen molar-refractivity contribution in [3.05, 3.63) is 17.9 Å². The van der Waals surface area contributed by atoms with Crippen LogP contribution in [0.15, 0.2) is 17.9 Å². The number of hydrogen-bond donors (Lipinski definition) is 7. The number of carbonyl (C=O) groups is 2. The van der Waals surface area contributed by atoms with E-state index in [4.69, 9.17) is 28.4 Å². The Morgan fingerprint density at radius 2 is 0.984 bits per heavy atom. The number of ether oxygens (including phenoxy) is 6. The number of hydrogen-bond acceptors (Lipinski definition) is 15. The predicted octanol–water partition coefficient (Wildman–Crippen LogP) is 5.20. The van der Waals surface area contributed by atoms with Gasteiger partial charge in [0.05, 0.1) is 19.8 Å². The molecule has 61 heavy (non-hydrogen) atoms. The third-order valence-electron chi connectivity index (χ3n) is 11.3. The van der Waals surface area contributed by atoms with Gasteiger partial charge in [-0.05, 0) is 50.7 Å². The minimum atomic E-state index is -1.76. The molecular formula is C46H82O15. The lowest BCUT2D eigenvalue weighted by Crippen LogP contribution is -2.61. The second kappa shape index (κ2) is 34.4. The fraction of sp³-hybridized carbons (Fsp3) is 0.891. The van der Waals surface area contributed by atoms with Gasteiger partial charge in [0.1, 0.15) is 55.4 Å². The smallest absolute Gasteiger partial charge is 0.306 e. The Bertz CT molecular complexity index is 1180. The van der Waals surface area contributed by atoms with E-state index in [1.807, 2.05) is 0 Å². The van der Waals surface area contributed by atoms with Crippen molar-refractivity contribution in [3.8, 4) is 0 Å². The Hall–Kier alpha value is -1.98. The van der Waals surface area contributed by atoms with E-state index in [1.165, 1.54) is 70.6 Å². The molecule has 2 rings (SSSR count). The second-order valence-corrected chi connectivity index (χ2v) is 16.7. The average Bonchev–Trinajstić information content (AvgIpc) is 3.25. The first-order chi connectivity index (χ1) is 29.5. The monoisotopic (exact) mass is 875 g/mol. The summed E-state index contributed by atoms with van der Waals surface area (Å²) in [4.78, 5) is 25.6. The largest absolute Gasteiger partial charge is 0.462 e. The van der Waals surface area contributed by atoms with E-state index in [1.54, 1.807) is 0 Å². The molecule has 0 bridgehead atoms. The molecule has 2 aliphatic rings. The summed E-state index contributed by atoms with van der Waals surface area (Å²) in [6.45, 7) is 2.52. The second-order valence-electron chi connectivity index (χ2n) is 16.7. The van der Waals surface area contributed by atoms with E-state index in [-0.39, 0.29) is 26.1 Å². The fourth-order valence-corrected chi connectivity index (χ4v) is 7.31. The van der Waals surface area contributed by atoms with Crippen LogP contribution >= 0.6 is 0 Å². The minimum absolute atomic E-state index is 0.164. The van der Waals surface area contributed by atoms with Crippen LogP contribution in [0.3, 0.4) is 0 Å². The molecule has 2 aliphatic heterocycles. The van der Waals surface area contributed by atoms with Crippen molar-refractivity contribution in [1.82, 2.24) is 0 Å². The predicted molar refractivity (Wildman–Crippen MR) is 228 cm³/mol. The molecule has 4 unspecified atom stereocenters. The van der Waals surface area contributed by atoms with Gasteiger partial charge in [-0.2, -0.15) is 0 Å². The first-order valence-corrected chi connectivity index (χ1v) is 23.5. The van der Waals surface area contributed by atoms with Crippen LogP contribution in [0.2, 0.25) is 0 Å². The van der Waals surface area contributed by atoms with Gasteiger partial charge in [0.15, 0.2) is 18.7 Å². The summed E-state index contributed by atoms with van der Waals surface area (Å²) in [5, 5.41) is 71.8. The van der Waals surface area contributed by atoms with Gasteiger partial charge < -0.3 is 64.2 Å². The zero-order valence-corrected chi connectivity index (χ0v) is 37.2. The van der Waals surface area contributed by atoms with Crippen molar-refractivity contribution in [2.45, 2.75) is 235 Å². The Balaban J connectivity index is 1.85. The summed E-state index contributed by atoms with van der Waals surface area (Å²) in [6, 6.07) is 0. The summed E-state index contributed by atoms with van der Waals surface area (Å²) in [6.07, 6.45) is 11.8. The summed E-state index contributed by atoms with van der Waals surface area (Å²) in [5.41, 5.74) is 3.28. The van der Waals surface area contributed by atoms with Crippen LogP contribution in [0.25, 0.3) is 0 Å². The minimum Gasteiger partial charge on any atom is -0.462 e. The molecule has 2 saturated heterocycles. The van der Waals surface area contributed by atoms with Crippen LogP contribution in [0.1, 0.15) is 168 Å². The normalized spacial score (nSPS) is 27.0. The van der Waals surface area contributed by atoms with Crippen molar-refractivity contribution in [2.75, 3.05) is 26.4 Å². The molecule has 7 N–H and O–H groups in total. The summed E-state index contributed by atoms with van der Waals surface area (Å²) >= 11 is 0. The van der Waals surface area contributed by atoms with Gasteiger partial charge in [-0.3, -0.25) is 9.59 Å². The van der Waals surface area contributed by atoms with E-state index >= 15 is 0 Å². The maximum absolute atomic E-state index is 12.9. The lowest BCUT2D eigenvalue weighted by atomic mass is 9.98. The van der Waals surface area contributed by atoms with Gasteiger partial charge in [-0.25, -0.2) is 0 Å². The third-order valence-corrected chi connectivity index (χ3v) is 11.3. The van der Waals surface area contributed by atoms with Crippen molar-refractivity contribution >= 4 is 11.9 Å². The van der Waals surface area contributed by atoms with Gasteiger partial charge in [0.25, 0.3) is 0 Å². The molecule has 2 fully saturated rings. The Labute approximate surface area is 364 Å². The summed E-state index contributed by atoms with van der Waals surface area (Å²) in [7, 11) is 0. The van der Waals surface area contributed by atoms with Gasteiger partial charge >= 0.3 is 11.9 Å². The molecular weight excluding hydrogens is 792 g/mol. The molecule has 0 aromatic rings. The zero-order valence-electron chi connectivity index (χ0n) is 37.2. The van der Waals surface area contributed by atoms with Crippen LogP contribution < -0.4 is 0 Å². The van der Waals surface area contributed by atoms with Crippen molar-refractivity contribution in [2.24, 2.45) is 0 Å². The molecule has 0 radical (unpaired) electrons. The molecule has 356 valence electrons. The third kappa shape index (κ3) is 23.5. The standard InChI is InChI=1S/C46H82O15/c1-3-5-7-9-11-13-15-16-17-18-19-21-22-24-26-28-37(48)56-31-34(59-38(49)29-27-25-23-20-14-12-10-8-6-4-2)32-57-45-44(55)42(53)40(51)36(61-45)33-58-46-43(54)41(52)39(50)35(30-47)60-46/h15,17,34-36,39-47,50-55H,3-14,18-33H2,1-2H3/t16?,34-,35-,36-,39+,40+,41?,42?,43?,44?,45-,46-/m1/s1. The number of allylic oxidation sites excluding steroid dienone is 1. The molecule has 0 spiro atoms. The van der Waals surface area contributed by atoms with Crippen molar-refractivity contribution in [3.63, 3.8) is 0 Å². The quantitative estimate of drug-likeness (QED) is 0.0247. The maximum atomic E-state index is 12.9. The summed E-state index contributed by atoms with van der Waals surface area (Å²) in [5.74, 6) is -0.945. The Kier molecular flexibility index (Phi) is 31.1. The lowest BCUT2D eigenvalue weighted by Gasteiger charge is -2.42. The number of aliphatic hydroxyl groups is 7. The first kappa shape index (κ1) is 55.2. The highest BCUT2D eigenvalue weighted by Gasteiger charge is 2.47. The van der Waals surface area contributed by atoms with Crippen LogP contribution in [-0.2, 0) is 38.0 Å². The van der Waals surface area contributed by atoms with E-state index in [0.29, 0.717) is 12.8 Å². The van der Waals surface area contributed by atoms with E-state index in [9.17, 15) is 45.3 Å². The molecule has 15 heteroatoms. The molecule has 0 aromatic heterocycles. The molecule has 2 heterocycles. The molecule has 0 saturated carbocycles. The van der Waals surface area contributed by atoms with Crippen molar-refractivity contribution < 1.29 is 73.8 Å².